The third-order valence-corrected chi connectivity index (χ3v) is 2.81. The Morgan fingerprint density at radius 1 is 1.53 bits per heavy atom. The summed E-state index contributed by atoms with van der Waals surface area (Å²) in [5, 5.41) is 11.1. The zero-order chi connectivity index (χ0) is 12.8. The molecule has 0 amide bonds. The maximum absolute atomic E-state index is 11.5. The Bertz CT molecular complexity index is 367. The molecule has 1 heterocycles. The van der Waals surface area contributed by atoms with Gasteiger partial charge in [-0.1, -0.05) is 25.6 Å². The molecule has 1 aromatic rings. The van der Waals surface area contributed by atoms with Crippen LogP contribution in [0.25, 0.3) is 0 Å². The Balaban J connectivity index is 2.51. The van der Waals surface area contributed by atoms with Crippen molar-refractivity contribution in [1.29, 1.82) is 0 Å². The lowest BCUT2D eigenvalue weighted by molar-refractivity contribution is -0.142. The molecule has 6 nitrogen and oxygen atoms in total. The average molecular weight is 259 g/mol. The van der Waals surface area contributed by atoms with Crippen LogP contribution in [-0.4, -0.2) is 41.1 Å². The van der Waals surface area contributed by atoms with Crippen molar-refractivity contribution in [3.63, 3.8) is 0 Å². The van der Waals surface area contributed by atoms with Crippen LogP contribution < -0.4 is 5.32 Å². The number of esters is 1. The molecule has 0 fully saturated rings. The van der Waals surface area contributed by atoms with E-state index in [9.17, 15) is 4.79 Å². The van der Waals surface area contributed by atoms with E-state index in [1.54, 1.807) is 6.92 Å². The average Bonchev–Trinajstić information content (AvgIpc) is 2.68. The minimum Gasteiger partial charge on any atom is -0.468 e. The first-order valence-corrected chi connectivity index (χ1v) is 6.28. The molecule has 1 unspecified atom stereocenters. The number of methoxy groups -OCH3 is 1. The van der Waals surface area contributed by atoms with E-state index < -0.39 is 0 Å². The second kappa shape index (κ2) is 6.61. The summed E-state index contributed by atoms with van der Waals surface area (Å²) in [4.78, 5) is 11.5. The highest BCUT2D eigenvalue weighted by Crippen LogP contribution is 2.17. The van der Waals surface area contributed by atoms with Crippen molar-refractivity contribution in [1.82, 2.24) is 15.5 Å². The van der Waals surface area contributed by atoms with Crippen molar-refractivity contribution in [3.05, 3.63) is 5.89 Å². The molecule has 17 heavy (non-hydrogen) atoms. The normalized spacial score (nSPS) is 12.8. The first-order valence-electron chi connectivity index (χ1n) is 5.29. The van der Waals surface area contributed by atoms with Crippen molar-refractivity contribution in [2.45, 2.75) is 38.1 Å². The van der Waals surface area contributed by atoms with Gasteiger partial charge < -0.3 is 14.5 Å². The van der Waals surface area contributed by atoms with E-state index in [-0.39, 0.29) is 18.1 Å². The number of ether oxygens (including phenoxy) is 1. The van der Waals surface area contributed by atoms with Gasteiger partial charge in [-0.2, -0.15) is 0 Å². The van der Waals surface area contributed by atoms with Gasteiger partial charge in [0.25, 0.3) is 5.22 Å². The van der Waals surface area contributed by atoms with Gasteiger partial charge in [-0.3, -0.25) is 4.79 Å². The zero-order valence-electron chi connectivity index (χ0n) is 10.4. The Morgan fingerprint density at radius 2 is 2.24 bits per heavy atom. The van der Waals surface area contributed by atoms with Gasteiger partial charge >= 0.3 is 5.97 Å². The molecule has 0 bridgehead atoms. The second-order valence-electron chi connectivity index (χ2n) is 3.80. The van der Waals surface area contributed by atoms with Gasteiger partial charge in [0.1, 0.15) is 6.04 Å². The molecule has 1 N–H and O–H groups in total. The largest absolute Gasteiger partial charge is 0.468 e. The Labute approximate surface area is 105 Å². The van der Waals surface area contributed by atoms with Gasteiger partial charge in [0, 0.05) is 18.7 Å². The Hall–Kier alpha value is -1.08. The minimum atomic E-state index is -0.378. The van der Waals surface area contributed by atoms with Crippen molar-refractivity contribution in [2.24, 2.45) is 0 Å². The van der Waals surface area contributed by atoms with Crippen LogP contribution in [0.3, 0.4) is 0 Å². The van der Waals surface area contributed by atoms with Crippen LogP contribution in [0.5, 0.6) is 0 Å². The number of carbonyl (C=O) groups is 1. The van der Waals surface area contributed by atoms with Crippen LogP contribution in [0, 0.1) is 6.92 Å². The van der Waals surface area contributed by atoms with Gasteiger partial charge in [0.15, 0.2) is 0 Å². The number of aryl methyl sites for hydroxylation is 1. The monoisotopic (exact) mass is 259 g/mol. The smallest absolute Gasteiger partial charge is 0.323 e. The molecule has 0 radical (unpaired) electrons. The molecule has 7 heteroatoms. The van der Waals surface area contributed by atoms with Crippen LogP contribution in [0.15, 0.2) is 9.64 Å². The molecule has 0 aliphatic carbocycles. The lowest BCUT2D eigenvalue weighted by Gasteiger charge is -2.17. The van der Waals surface area contributed by atoms with E-state index in [1.807, 2.05) is 13.8 Å². The number of hydrogen-bond acceptors (Lipinski definition) is 7. The van der Waals surface area contributed by atoms with Crippen LogP contribution in [0.4, 0.5) is 0 Å². The standard InChI is InChI=1S/C10H17N3O3S/c1-6(2)11-8(9(14)15-4)5-17-10-13-12-7(3)16-10/h6,8,11H,5H2,1-4H3. The van der Waals surface area contributed by atoms with Crippen LogP contribution in [0.2, 0.25) is 0 Å². The first-order chi connectivity index (χ1) is 8.02. The molecule has 0 saturated heterocycles. The highest BCUT2D eigenvalue weighted by Gasteiger charge is 2.21. The summed E-state index contributed by atoms with van der Waals surface area (Å²) in [7, 11) is 1.37. The highest BCUT2D eigenvalue weighted by atomic mass is 32.2. The zero-order valence-corrected chi connectivity index (χ0v) is 11.2. The van der Waals surface area contributed by atoms with Crippen molar-refractivity contribution in [3.8, 4) is 0 Å². The second-order valence-corrected chi connectivity index (χ2v) is 4.77. The fourth-order valence-electron chi connectivity index (χ4n) is 1.22. The van der Waals surface area contributed by atoms with Gasteiger partial charge in [0.2, 0.25) is 5.89 Å². The minimum absolute atomic E-state index is 0.198. The third kappa shape index (κ3) is 4.74. The number of rotatable bonds is 6. The maximum Gasteiger partial charge on any atom is 0.323 e. The predicted molar refractivity (Wildman–Crippen MR) is 63.8 cm³/mol. The molecule has 1 rings (SSSR count). The van der Waals surface area contributed by atoms with Crippen LogP contribution >= 0.6 is 11.8 Å². The quantitative estimate of drug-likeness (QED) is 0.603. The van der Waals surface area contributed by atoms with E-state index in [2.05, 4.69) is 15.5 Å². The molecule has 1 aromatic heterocycles. The van der Waals surface area contributed by atoms with E-state index in [0.717, 1.165) is 0 Å². The van der Waals surface area contributed by atoms with Crippen molar-refractivity contribution >= 4 is 17.7 Å². The summed E-state index contributed by atoms with van der Waals surface area (Å²) >= 11 is 1.33. The molecule has 96 valence electrons. The van der Waals surface area contributed by atoms with E-state index in [0.29, 0.717) is 16.9 Å². The third-order valence-electron chi connectivity index (χ3n) is 1.90. The SMILES string of the molecule is COC(=O)C(CSc1nnc(C)o1)NC(C)C. The summed E-state index contributed by atoms with van der Waals surface area (Å²) in [6.07, 6.45) is 0. The number of aromatic nitrogens is 2. The van der Waals surface area contributed by atoms with Gasteiger partial charge in [-0.25, -0.2) is 0 Å². The molecule has 1 atom stereocenters. The molecular weight excluding hydrogens is 242 g/mol. The number of nitrogens with one attached hydrogen (secondary N) is 1. The van der Waals surface area contributed by atoms with Crippen LogP contribution in [-0.2, 0) is 9.53 Å². The maximum atomic E-state index is 11.5. The lowest BCUT2D eigenvalue weighted by Crippen LogP contribution is -2.43. The fraction of sp³-hybridized carbons (Fsp3) is 0.700. The Morgan fingerprint density at radius 3 is 2.71 bits per heavy atom. The van der Waals surface area contributed by atoms with Gasteiger partial charge in [-0.05, 0) is 0 Å². The molecule has 0 saturated carbocycles. The number of hydrogen-bond donors (Lipinski definition) is 1. The number of thioether (sulfide) groups is 1. The topological polar surface area (TPSA) is 77.2 Å². The number of carbonyl (C=O) groups excluding carboxylic acids is 1. The van der Waals surface area contributed by atoms with Crippen molar-refractivity contribution < 1.29 is 13.9 Å². The van der Waals surface area contributed by atoms with Crippen LogP contribution in [0.1, 0.15) is 19.7 Å². The molecule has 0 aliphatic heterocycles. The molecule has 0 aromatic carbocycles. The highest BCUT2D eigenvalue weighted by molar-refractivity contribution is 7.99. The fourth-order valence-corrected chi connectivity index (χ4v) is 2.04. The van der Waals surface area contributed by atoms with E-state index in [4.69, 9.17) is 9.15 Å². The van der Waals surface area contributed by atoms with Gasteiger partial charge in [0.05, 0.1) is 7.11 Å². The van der Waals surface area contributed by atoms with E-state index in [1.165, 1.54) is 18.9 Å². The van der Waals surface area contributed by atoms with Crippen molar-refractivity contribution in [2.75, 3.05) is 12.9 Å². The molecule has 0 aliphatic rings. The Kier molecular flexibility index (Phi) is 5.43. The number of nitrogens with zero attached hydrogens (tertiary/aromatic N) is 2. The lowest BCUT2D eigenvalue weighted by atomic mass is 10.3. The van der Waals surface area contributed by atoms with Gasteiger partial charge in [-0.15, -0.1) is 10.2 Å². The summed E-state index contributed by atoms with van der Waals surface area (Å²) in [6, 6.07) is -0.179. The summed E-state index contributed by atoms with van der Waals surface area (Å²) in [5.41, 5.74) is 0. The summed E-state index contributed by atoms with van der Waals surface area (Å²) in [6.45, 7) is 5.66. The summed E-state index contributed by atoms with van der Waals surface area (Å²) in [5.74, 6) is 0.716. The molecule has 0 spiro atoms. The van der Waals surface area contributed by atoms with E-state index >= 15 is 0 Å². The predicted octanol–water partition coefficient (Wildman–Crippen LogP) is 1.01. The summed E-state index contributed by atoms with van der Waals surface area (Å²) < 4.78 is 9.94. The first kappa shape index (κ1) is 14.0. The molecular formula is C10H17N3O3S.